The van der Waals surface area contributed by atoms with Gasteiger partial charge in [0.25, 0.3) is 0 Å². The Balaban J connectivity index is 2.10. The molecule has 7 heteroatoms. The highest BCUT2D eigenvalue weighted by atomic mass is 32.1. The summed E-state index contributed by atoms with van der Waals surface area (Å²) in [4.78, 5) is 16.2. The van der Waals surface area contributed by atoms with Crippen LogP contribution in [0.5, 0.6) is 5.88 Å². The molecular weight excluding hydrogens is 242 g/mol. The number of aromatic nitrogens is 2. The molecule has 1 N–H and O–H groups in total. The Bertz CT molecular complexity index is 520. The summed E-state index contributed by atoms with van der Waals surface area (Å²) in [6.07, 6.45) is 1.92. The van der Waals surface area contributed by atoms with Crippen molar-refractivity contribution in [2.24, 2.45) is 0 Å². The maximum atomic E-state index is 11.0. The third kappa shape index (κ3) is 2.40. The van der Waals surface area contributed by atoms with Crippen LogP contribution < -0.4 is 10.1 Å². The number of ether oxygens (including phenoxy) is 2. The van der Waals surface area contributed by atoms with Crippen molar-refractivity contribution in [1.82, 2.24) is 14.7 Å². The van der Waals surface area contributed by atoms with Gasteiger partial charge >= 0.3 is 5.97 Å². The summed E-state index contributed by atoms with van der Waals surface area (Å²) in [5, 5.41) is 4.93. The van der Waals surface area contributed by atoms with Gasteiger partial charge in [-0.15, -0.1) is 11.3 Å². The van der Waals surface area contributed by atoms with Gasteiger partial charge in [-0.25, -0.2) is 0 Å². The van der Waals surface area contributed by atoms with Gasteiger partial charge in [0.15, 0.2) is 4.96 Å². The number of carbonyl (C=O) groups is 1. The normalized spacial score (nSPS) is 10.7. The Hall–Kier alpha value is -1.60. The molecule has 2 aromatic heterocycles. The second-order valence-corrected chi connectivity index (χ2v) is 4.18. The molecule has 17 heavy (non-hydrogen) atoms. The first-order valence-electron chi connectivity index (χ1n) is 5.02. The van der Waals surface area contributed by atoms with Crippen LogP contribution in [0, 0.1) is 0 Å². The number of hydrogen-bond acceptors (Lipinski definition) is 6. The summed E-state index contributed by atoms with van der Waals surface area (Å²) in [5.74, 6) is 0.282. The lowest BCUT2D eigenvalue weighted by Crippen LogP contribution is -2.24. The maximum Gasteiger partial charge on any atom is 0.319 e. The fourth-order valence-corrected chi connectivity index (χ4v) is 2.22. The molecule has 6 nitrogen and oxygen atoms in total. The Morgan fingerprint density at radius 3 is 3.12 bits per heavy atom. The average Bonchev–Trinajstić information content (AvgIpc) is 2.90. The van der Waals surface area contributed by atoms with E-state index in [9.17, 15) is 4.79 Å². The molecule has 0 amide bonds. The highest BCUT2D eigenvalue weighted by Crippen LogP contribution is 2.22. The minimum Gasteiger partial charge on any atom is -0.480 e. The Labute approximate surface area is 102 Å². The zero-order valence-electron chi connectivity index (χ0n) is 9.60. The number of thiazole rings is 1. The van der Waals surface area contributed by atoms with Crippen molar-refractivity contribution < 1.29 is 14.3 Å². The number of methoxy groups -OCH3 is 2. The van der Waals surface area contributed by atoms with Crippen molar-refractivity contribution >= 4 is 22.3 Å². The molecule has 0 spiro atoms. The third-order valence-electron chi connectivity index (χ3n) is 2.31. The zero-order chi connectivity index (χ0) is 12.3. The summed E-state index contributed by atoms with van der Waals surface area (Å²) < 4.78 is 11.7. The van der Waals surface area contributed by atoms with Crippen LogP contribution in [-0.2, 0) is 16.1 Å². The maximum absolute atomic E-state index is 11.0. The van der Waals surface area contributed by atoms with Crippen molar-refractivity contribution in [1.29, 1.82) is 0 Å². The monoisotopic (exact) mass is 255 g/mol. The van der Waals surface area contributed by atoms with Gasteiger partial charge in [-0.3, -0.25) is 9.20 Å². The number of imidazole rings is 1. The molecule has 0 unspecified atom stereocenters. The van der Waals surface area contributed by atoms with E-state index < -0.39 is 0 Å². The highest BCUT2D eigenvalue weighted by Gasteiger charge is 2.13. The Kier molecular flexibility index (Phi) is 3.60. The summed E-state index contributed by atoms with van der Waals surface area (Å²) >= 11 is 1.53. The van der Waals surface area contributed by atoms with Crippen molar-refractivity contribution in [3.8, 4) is 5.88 Å². The molecule has 0 saturated heterocycles. The van der Waals surface area contributed by atoms with Gasteiger partial charge in [0.1, 0.15) is 5.69 Å². The van der Waals surface area contributed by atoms with Crippen molar-refractivity contribution in [3.63, 3.8) is 0 Å². The van der Waals surface area contributed by atoms with E-state index in [2.05, 4.69) is 15.0 Å². The third-order valence-corrected chi connectivity index (χ3v) is 3.06. The fraction of sp³-hybridized carbons (Fsp3) is 0.400. The van der Waals surface area contributed by atoms with Gasteiger partial charge in [0, 0.05) is 18.1 Å². The van der Waals surface area contributed by atoms with Gasteiger partial charge in [0.05, 0.1) is 20.8 Å². The van der Waals surface area contributed by atoms with E-state index in [0.717, 1.165) is 10.7 Å². The number of hydrogen-bond donors (Lipinski definition) is 1. The molecule has 0 fully saturated rings. The first-order valence-corrected chi connectivity index (χ1v) is 5.90. The van der Waals surface area contributed by atoms with Crippen LogP contribution in [0.4, 0.5) is 0 Å². The van der Waals surface area contributed by atoms with Gasteiger partial charge in [0.2, 0.25) is 5.88 Å². The lowest BCUT2D eigenvalue weighted by atomic mass is 10.4. The molecule has 0 radical (unpaired) electrons. The van der Waals surface area contributed by atoms with Crippen LogP contribution in [0.2, 0.25) is 0 Å². The van der Waals surface area contributed by atoms with Crippen molar-refractivity contribution in [2.75, 3.05) is 20.8 Å². The van der Waals surface area contributed by atoms with Crippen LogP contribution in [0.15, 0.2) is 11.6 Å². The van der Waals surface area contributed by atoms with Crippen LogP contribution in [-0.4, -0.2) is 36.1 Å². The molecule has 92 valence electrons. The van der Waals surface area contributed by atoms with Crippen LogP contribution in [0.1, 0.15) is 5.69 Å². The predicted octanol–water partition coefficient (Wildman–Crippen LogP) is 0.667. The lowest BCUT2D eigenvalue weighted by Gasteiger charge is -2.04. The number of esters is 1. The van der Waals surface area contributed by atoms with Crippen LogP contribution >= 0.6 is 11.3 Å². The standard InChI is InChI=1S/C10H13N3O3S/c1-15-8(14)6-11-5-7-9(16-2)12-10-13(7)3-4-17-10/h3-4,11H,5-6H2,1-2H3. The summed E-state index contributed by atoms with van der Waals surface area (Å²) in [7, 11) is 2.94. The highest BCUT2D eigenvalue weighted by molar-refractivity contribution is 7.15. The zero-order valence-corrected chi connectivity index (χ0v) is 10.4. The Morgan fingerprint density at radius 2 is 2.41 bits per heavy atom. The van der Waals surface area contributed by atoms with Gasteiger partial charge in [-0.05, 0) is 0 Å². The fourth-order valence-electron chi connectivity index (χ4n) is 1.49. The van der Waals surface area contributed by atoms with Gasteiger partial charge in [-0.1, -0.05) is 0 Å². The van der Waals surface area contributed by atoms with E-state index in [4.69, 9.17) is 4.74 Å². The minimum atomic E-state index is -0.296. The van der Waals surface area contributed by atoms with Crippen molar-refractivity contribution in [3.05, 3.63) is 17.3 Å². The molecule has 0 aromatic carbocycles. The molecule has 0 aliphatic carbocycles. The quantitative estimate of drug-likeness (QED) is 0.795. The number of nitrogens with zero attached hydrogens (tertiary/aromatic N) is 2. The average molecular weight is 255 g/mol. The summed E-state index contributed by atoms with van der Waals surface area (Å²) in [6.45, 7) is 0.660. The van der Waals surface area contributed by atoms with Gasteiger partial charge < -0.3 is 14.8 Å². The second-order valence-electron chi connectivity index (χ2n) is 3.30. The topological polar surface area (TPSA) is 64.9 Å². The minimum absolute atomic E-state index is 0.164. The molecule has 0 aliphatic heterocycles. The number of fused-ring (bicyclic) bond motifs is 1. The van der Waals surface area contributed by atoms with Crippen LogP contribution in [0.25, 0.3) is 4.96 Å². The summed E-state index contributed by atoms with van der Waals surface area (Å²) in [6, 6.07) is 0. The number of carbonyl (C=O) groups excluding carboxylic acids is 1. The molecule has 0 saturated carbocycles. The molecule has 0 aliphatic rings. The van der Waals surface area contributed by atoms with E-state index in [-0.39, 0.29) is 12.5 Å². The van der Waals surface area contributed by atoms with Crippen molar-refractivity contribution in [2.45, 2.75) is 6.54 Å². The summed E-state index contributed by atoms with van der Waals surface area (Å²) in [5.41, 5.74) is 0.896. The van der Waals surface area contributed by atoms with E-state index in [1.165, 1.54) is 18.4 Å². The van der Waals surface area contributed by atoms with E-state index >= 15 is 0 Å². The lowest BCUT2D eigenvalue weighted by molar-refractivity contribution is -0.139. The smallest absolute Gasteiger partial charge is 0.319 e. The van der Waals surface area contributed by atoms with Gasteiger partial charge in [-0.2, -0.15) is 4.98 Å². The molecular formula is C10H13N3O3S. The number of rotatable bonds is 5. The Morgan fingerprint density at radius 1 is 1.59 bits per heavy atom. The second kappa shape index (κ2) is 5.15. The van der Waals surface area contributed by atoms with Crippen LogP contribution in [0.3, 0.4) is 0 Å². The first kappa shape index (κ1) is 11.9. The number of nitrogens with one attached hydrogen (secondary N) is 1. The first-order chi connectivity index (χ1) is 8.26. The van der Waals surface area contributed by atoms with E-state index in [1.54, 1.807) is 7.11 Å². The molecule has 2 rings (SSSR count). The SMILES string of the molecule is COC(=O)CNCc1c(OC)nc2sccn12. The molecule has 2 aromatic rings. The molecule has 2 heterocycles. The molecule has 0 bridgehead atoms. The predicted molar refractivity (Wildman–Crippen MR) is 63.3 cm³/mol. The largest absolute Gasteiger partial charge is 0.480 e. The van der Waals surface area contributed by atoms with E-state index in [0.29, 0.717) is 12.4 Å². The van der Waals surface area contributed by atoms with E-state index in [1.807, 2.05) is 16.0 Å². The molecule has 0 atom stereocenters.